The smallest absolute Gasteiger partial charge is 0.175 e. The minimum Gasteiger partial charge on any atom is -0.490 e. The minimum atomic E-state index is -0.464. The third-order valence-electron chi connectivity index (χ3n) is 7.45. The molecule has 4 saturated carbocycles. The molecule has 0 radical (unpaired) electrons. The molecule has 6 rings (SSSR count). The molecular weight excluding hydrogens is 525 g/mol. The van der Waals surface area contributed by atoms with Gasteiger partial charge in [-0.05, 0) is 103 Å². The largest absolute Gasteiger partial charge is 0.490 e. The highest BCUT2D eigenvalue weighted by atomic mass is 79.9. The molecule has 2 N–H and O–H groups in total. The average molecular weight is 555 g/mol. The Kier molecular flexibility index (Phi) is 6.65. The lowest BCUT2D eigenvalue weighted by atomic mass is 9.51. The maximum atomic E-state index is 11.0. The van der Waals surface area contributed by atoms with Gasteiger partial charge >= 0.3 is 0 Å². The van der Waals surface area contributed by atoms with Crippen LogP contribution in [0.5, 0.6) is 11.5 Å². The fourth-order valence-corrected chi connectivity index (χ4v) is 7.69. The molecule has 0 heterocycles. The van der Waals surface area contributed by atoms with Crippen LogP contribution in [0.1, 0.15) is 56.6 Å². The zero-order valence-corrected chi connectivity index (χ0v) is 21.9. The van der Waals surface area contributed by atoms with Crippen LogP contribution >= 0.6 is 39.1 Å². The van der Waals surface area contributed by atoms with E-state index in [0.717, 1.165) is 41.4 Å². The summed E-state index contributed by atoms with van der Waals surface area (Å²) >= 11 is 16.0. The summed E-state index contributed by atoms with van der Waals surface area (Å²) in [5, 5.41) is 16.1. The molecule has 2 unspecified atom stereocenters. The first-order valence-corrected chi connectivity index (χ1v) is 13.3. The molecule has 0 aliphatic heterocycles. The Balaban J connectivity index is 1.31. The van der Waals surface area contributed by atoms with Crippen molar-refractivity contribution in [2.75, 3.05) is 6.61 Å². The lowest BCUT2D eigenvalue weighted by Gasteiger charge is -2.60. The van der Waals surface area contributed by atoms with Gasteiger partial charge in [0.2, 0.25) is 0 Å². The van der Waals surface area contributed by atoms with Gasteiger partial charge in [-0.3, -0.25) is 0 Å². The van der Waals surface area contributed by atoms with E-state index < -0.39 is 5.60 Å². The Morgan fingerprint density at radius 3 is 2.52 bits per heavy atom. The van der Waals surface area contributed by atoms with Crippen LogP contribution in [-0.2, 0) is 13.2 Å². The summed E-state index contributed by atoms with van der Waals surface area (Å²) in [5.74, 6) is 2.68. The van der Waals surface area contributed by atoms with Crippen molar-refractivity contribution in [2.24, 2.45) is 11.8 Å². The molecule has 4 aliphatic carbocycles. The topological polar surface area (TPSA) is 50.7 Å². The van der Waals surface area contributed by atoms with Crippen molar-refractivity contribution < 1.29 is 14.6 Å². The van der Waals surface area contributed by atoms with Gasteiger partial charge in [-0.25, -0.2) is 0 Å². The highest BCUT2D eigenvalue weighted by Crippen LogP contribution is 2.57. The molecule has 0 spiro atoms. The van der Waals surface area contributed by atoms with Gasteiger partial charge in [0.15, 0.2) is 11.5 Å². The molecule has 4 aliphatic rings. The van der Waals surface area contributed by atoms with Gasteiger partial charge in [0, 0.05) is 27.7 Å². The maximum absolute atomic E-state index is 11.0. The van der Waals surface area contributed by atoms with Crippen molar-refractivity contribution >= 4 is 39.1 Å². The van der Waals surface area contributed by atoms with Crippen LogP contribution in [0.25, 0.3) is 0 Å². The second-order valence-electron chi connectivity index (χ2n) is 10.2. The molecular formula is C26H30BrCl2NO3. The van der Waals surface area contributed by atoms with E-state index in [1.165, 1.54) is 19.3 Å². The van der Waals surface area contributed by atoms with Crippen LogP contribution in [0.2, 0.25) is 10.0 Å². The standard InChI is InChI=1S/C26H30BrCl2NO3/c1-2-32-23-7-16(6-21(27)24(23)33-14-19-3-4-20(28)8-22(19)29)13-30-25-9-17-5-18(10-25)12-26(31,11-17)15-25/h3-4,6-8,17-18,30-31H,2,5,9-15H2,1H3. The van der Waals surface area contributed by atoms with Crippen LogP contribution in [0.3, 0.4) is 0 Å². The second-order valence-corrected chi connectivity index (χ2v) is 11.9. The fourth-order valence-electron chi connectivity index (χ4n) is 6.63. The van der Waals surface area contributed by atoms with E-state index in [-0.39, 0.29) is 5.54 Å². The first kappa shape index (κ1) is 23.7. The van der Waals surface area contributed by atoms with Crippen LogP contribution in [-0.4, -0.2) is 22.9 Å². The summed E-state index contributed by atoms with van der Waals surface area (Å²) in [6, 6.07) is 9.53. The normalized spacial score (nSPS) is 30.0. The van der Waals surface area contributed by atoms with E-state index >= 15 is 0 Å². The number of hydrogen-bond donors (Lipinski definition) is 2. The van der Waals surface area contributed by atoms with E-state index in [1.807, 2.05) is 13.0 Å². The lowest BCUT2D eigenvalue weighted by molar-refractivity contribution is -0.142. The predicted octanol–water partition coefficient (Wildman–Crippen LogP) is 6.91. The monoisotopic (exact) mass is 553 g/mol. The Labute approximate surface area is 214 Å². The minimum absolute atomic E-state index is 0.0532. The van der Waals surface area contributed by atoms with Crippen molar-refractivity contribution in [3.8, 4) is 11.5 Å². The number of aliphatic hydroxyl groups is 1. The molecule has 33 heavy (non-hydrogen) atoms. The first-order valence-electron chi connectivity index (χ1n) is 11.8. The molecule has 0 aromatic heterocycles. The summed E-state index contributed by atoms with van der Waals surface area (Å²) in [5.41, 5.74) is 1.58. The molecule has 4 bridgehead atoms. The zero-order valence-electron chi connectivity index (χ0n) is 18.8. The van der Waals surface area contributed by atoms with E-state index in [1.54, 1.807) is 12.1 Å². The molecule has 0 saturated heterocycles. The molecule has 0 amide bonds. The lowest BCUT2D eigenvalue weighted by Crippen LogP contribution is -2.64. The Hall–Kier alpha value is -0.980. The Morgan fingerprint density at radius 2 is 1.85 bits per heavy atom. The SMILES string of the molecule is CCOc1cc(CNC23CC4CC(CC(O)(C4)C2)C3)cc(Br)c1OCc1ccc(Cl)cc1Cl. The first-order chi connectivity index (χ1) is 15.8. The molecule has 178 valence electrons. The summed E-state index contributed by atoms with van der Waals surface area (Å²) in [4.78, 5) is 0. The van der Waals surface area contributed by atoms with Gasteiger partial charge in [0.25, 0.3) is 0 Å². The van der Waals surface area contributed by atoms with E-state index in [2.05, 4.69) is 33.4 Å². The summed E-state index contributed by atoms with van der Waals surface area (Å²) < 4.78 is 12.9. The fraction of sp³-hybridized carbons (Fsp3) is 0.538. The van der Waals surface area contributed by atoms with Gasteiger partial charge in [-0.15, -0.1) is 0 Å². The van der Waals surface area contributed by atoms with E-state index in [9.17, 15) is 5.11 Å². The molecule has 4 fully saturated rings. The van der Waals surface area contributed by atoms with Crippen LogP contribution in [0.4, 0.5) is 0 Å². The summed E-state index contributed by atoms with van der Waals surface area (Å²) in [7, 11) is 0. The summed E-state index contributed by atoms with van der Waals surface area (Å²) in [6.07, 6.45) is 6.47. The van der Waals surface area contributed by atoms with Crippen molar-refractivity contribution in [3.63, 3.8) is 0 Å². The van der Waals surface area contributed by atoms with Crippen molar-refractivity contribution in [2.45, 2.75) is 69.7 Å². The van der Waals surface area contributed by atoms with Crippen LogP contribution in [0, 0.1) is 11.8 Å². The number of ether oxygens (including phenoxy) is 2. The van der Waals surface area contributed by atoms with Crippen molar-refractivity contribution in [3.05, 3.63) is 56.0 Å². The second kappa shape index (κ2) is 9.23. The summed E-state index contributed by atoms with van der Waals surface area (Å²) in [6.45, 7) is 3.56. The van der Waals surface area contributed by atoms with Gasteiger partial charge in [0.05, 0.1) is 16.7 Å². The Morgan fingerprint density at radius 1 is 1.09 bits per heavy atom. The average Bonchev–Trinajstić information content (AvgIpc) is 2.71. The number of nitrogens with one attached hydrogen (secondary N) is 1. The number of benzene rings is 2. The van der Waals surface area contributed by atoms with Gasteiger partial charge in [-0.1, -0.05) is 29.3 Å². The van der Waals surface area contributed by atoms with Gasteiger partial charge < -0.3 is 19.9 Å². The van der Waals surface area contributed by atoms with Gasteiger partial charge in [0.1, 0.15) is 6.61 Å². The molecule has 4 nitrogen and oxygen atoms in total. The third-order valence-corrected chi connectivity index (χ3v) is 8.63. The number of rotatable bonds is 8. The molecule has 2 aromatic carbocycles. The van der Waals surface area contributed by atoms with Crippen LogP contribution in [0.15, 0.2) is 34.8 Å². The number of hydrogen-bond acceptors (Lipinski definition) is 4. The zero-order chi connectivity index (χ0) is 23.2. The molecule has 2 aromatic rings. The quantitative estimate of drug-likeness (QED) is 0.372. The van der Waals surface area contributed by atoms with E-state index in [4.69, 9.17) is 32.7 Å². The van der Waals surface area contributed by atoms with Crippen molar-refractivity contribution in [1.82, 2.24) is 5.32 Å². The highest BCUT2D eigenvalue weighted by Gasteiger charge is 2.56. The molecule has 7 heteroatoms. The highest BCUT2D eigenvalue weighted by molar-refractivity contribution is 9.10. The predicted molar refractivity (Wildman–Crippen MR) is 135 cm³/mol. The Bertz CT molecular complexity index is 1030. The molecule has 2 atom stereocenters. The third kappa shape index (κ3) is 5.04. The maximum Gasteiger partial charge on any atom is 0.175 e. The van der Waals surface area contributed by atoms with Crippen molar-refractivity contribution in [1.29, 1.82) is 0 Å². The van der Waals surface area contributed by atoms with Gasteiger partial charge in [-0.2, -0.15) is 0 Å². The number of halogens is 3. The van der Waals surface area contributed by atoms with Crippen LogP contribution < -0.4 is 14.8 Å². The van der Waals surface area contributed by atoms with E-state index in [0.29, 0.717) is 46.6 Å².